The highest BCUT2D eigenvalue weighted by Crippen LogP contribution is 2.30. The summed E-state index contributed by atoms with van der Waals surface area (Å²) in [7, 11) is -3.85. The Morgan fingerprint density at radius 1 is 1.21 bits per heavy atom. The number of sulfonamides is 1. The zero-order chi connectivity index (χ0) is 24.3. The minimum Gasteiger partial charge on any atom is -0.360 e. The number of nitrogens with zero attached hydrogens (tertiary/aromatic N) is 3. The lowest BCUT2D eigenvalue weighted by atomic mass is 9.95. The Balaban J connectivity index is 1.41. The van der Waals surface area contributed by atoms with Gasteiger partial charge in [-0.3, -0.25) is 9.52 Å². The molecule has 0 spiro atoms. The number of amides is 1. The predicted molar refractivity (Wildman–Crippen MR) is 128 cm³/mol. The smallest absolute Gasteiger partial charge is 0.263 e. The summed E-state index contributed by atoms with van der Waals surface area (Å²) in [5, 5.41) is 16.0. The molecule has 0 saturated carbocycles. The summed E-state index contributed by atoms with van der Waals surface area (Å²) in [5.74, 6) is 0.295. The van der Waals surface area contributed by atoms with E-state index in [1.807, 2.05) is 6.07 Å². The fourth-order valence-corrected chi connectivity index (χ4v) is 5.46. The van der Waals surface area contributed by atoms with E-state index in [9.17, 15) is 18.5 Å². The quantitative estimate of drug-likeness (QED) is 0.466. The standard InChI is InChI=1S/C23H23N5O4S2/c1-14-11-21(27-32-14)28-34(30,31)19-9-7-18(8-10-19)25-22(29)15(2)33-23-17(13-24)12-16-5-3-4-6-20(16)26-23/h7-12,15H,3-6H2,1-2H3,(H,25,29)(H,27,28). The molecular formula is C23H23N5O4S2. The first-order valence-electron chi connectivity index (χ1n) is 10.7. The van der Waals surface area contributed by atoms with E-state index >= 15 is 0 Å². The third-order valence-corrected chi connectivity index (χ3v) is 7.82. The summed E-state index contributed by atoms with van der Waals surface area (Å²) in [5.41, 5.74) is 3.06. The van der Waals surface area contributed by atoms with E-state index in [-0.39, 0.29) is 16.6 Å². The zero-order valence-electron chi connectivity index (χ0n) is 18.7. The number of aromatic nitrogens is 2. The Morgan fingerprint density at radius 3 is 2.62 bits per heavy atom. The predicted octanol–water partition coefficient (Wildman–Crippen LogP) is 4.05. The van der Waals surface area contributed by atoms with E-state index in [0.29, 0.717) is 22.0 Å². The van der Waals surface area contributed by atoms with Crippen LogP contribution in [0.1, 0.15) is 42.3 Å². The minimum atomic E-state index is -3.85. The SMILES string of the molecule is Cc1cc(NS(=O)(=O)c2ccc(NC(=O)C(C)Sc3nc4c(cc3C#N)CCCC4)cc2)no1. The van der Waals surface area contributed by atoms with E-state index in [2.05, 4.69) is 26.2 Å². The van der Waals surface area contributed by atoms with E-state index in [1.54, 1.807) is 13.8 Å². The van der Waals surface area contributed by atoms with Gasteiger partial charge in [-0.05, 0) is 75.4 Å². The molecule has 1 aliphatic carbocycles. The third-order valence-electron chi connectivity index (χ3n) is 5.34. The number of carbonyl (C=O) groups excluding carboxylic acids is 1. The Morgan fingerprint density at radius 2 is 1.94 bits per heavy atom. The lowest BCUT2D eigenvalue weighted by Gasteiger charge is -2.18. The lowest BCUT2D eigenvalue weighted by molar-refractivity contribution is -0.115. The minimum absolute atomic E-state index is 0.0190. The number of carbonyl (C=O) groups is 1. The first-order chi connectivity index (χ1) is 16.2. The second kappa shape index (κ2) is 9.87. The molecule has 0 saturated heterocycles. The highest BCUT2D eigenvalue weighted by molar-refractivity contribution is 8.00. The fraction of sp³-hybridized carbons (Fsp3) is 0.304. The van der Waals surface area contributed by atoms with Gasteiger partial charge in [0.15, 0.2) is 5.82 Å². The number of fused-ring (bicyclic) bond motifs is 1. The molecule has 1 aliphatic rings. The molecule has 3 aromatic rings. The molecule has 9 nitrogen and oxygen atoms in total. The van der Waals surface area contributed by atoms with Crippen molar-refractivity contribution in [3.05, 3.63) is 59.0 Å². The Bertz CT molecular complexity index is 1360. The molecule has 1 atom stereocenters. The molecule has 0 fully saturated rings. The lowest BCUT2D eigenvalue weighted by Crippen LogP contribution is -2.23. The molecule has 11 heteroatoms. The van der Waals surface area contributed by atoms with Gasteiger partial charge >= 0.3 is 0 Å². The summed E-state index contributed by atoms with van der Waals surface area (Å²) in [4.78, 5) is 17.4. The summed E-state index contributed by atoms with van der Waals surface area (Å²) >= 11 is 1.24. The average Bonchev–Trinajstić information content (AvgIpc) is 3.22. The second-order valence-corrected chi connectivity index (χ2v) is 11.0. The van der Waals surface area contributed by atoms with Crippen LogP contribution in [-0.4, -0.2) is 29.7 Å². The van der Waals surface area contributed by atoms with Crippen molar-refractivity contribution < 1.29 is 17.7 Å². The first kappa shape index (κ1) is 23.8. The number of aryl methyl sites for hydroxylation is 3. The van der Waals surface area contributed by atoms with Crippen LogP contribution in [0.25, 0.3) is 0 Å². The van der Waals surface area contributed by atoms with Crippen LogP contribution in [0.15, 0.2) is 50.8 Å². The van der Waals surface area contributed by atoms with Gasteiger partial charge in [0.25, 0.3) is 10.0 Å². The molecular weight excluding hydrogens is 474 g/mol. The molecule has 4 rings (SSSR count). The molecule has 1 aromatic carbocycles. The number of rotatable bonds is 7. The fourth-order valence-electron chi connectivity index (χ4n) is 3.58. The van der Waals surface area contributed by atoms with Gasteiger partial charge in [-0.2, -0.15) is 5.26 Å². The number of pyridine rings is 1. The maximum Gasteiger partial charge on any atom is 0.263 e. The number of nitrogens with one attached hydrogen (secondary N) is 2. The van der Waals surface area contributed by atoms with Crippen LogP contribution in [0.5, 0.6) is 0 Å². The van der Waals surface area contributed by atoms with Crippen LogP contribution in [0.4, 0.5) is 11.5 Å². The number of benzene rings is 1. The zero-order valence-corrected chi connectivity index (χ0v) is 20.3. The van der Waals surface area contributed by atoms with Crippen LogP contribution in [-0.2, 0) is 27.7 Å². The topological polar surface area (TPSA) is 138 Å². The Hall–Kier alpha value is -3.36. The summed E-state index contributed by atoms with van der Waals surface area (Å²) < 4.78 is 32.2. The molecule has 176 valence electrons. The molecule has 1 amide bonds. The maximum absolute atomic E-state index is 12.7. The van der Waals surface area contributed by atoms with E-state index in [0.717, 1.165) is 36.9 Å². The van der Waals surface area contributed by atoms with Crippen molar-refractivity contribution in [3.63, 3.8) is 0 Å². The summed E-state index contributed by atoms with van der Waals surface area (Å²) in [6, 6.07) is 11.4. The molecule has 2 N–H and O–H groups in total. The van der Waals surface area contributed by atoms with Gasteiger partial charge in [-0.1, -0.05) is 16.9 Å². The van der Waals surface area contributed by atoms with Gasteiger partial charge < -0.3 is 9.84 Å². The van der Waals surface area contributed by atoms with Crippen LogP contribution < -0.4 is 10.0 Å². The highest BCUT2D eigenvalue weighted by Gasteiger charge is 2.21. The van der Waals surface area contributed by atoms with Gasteiger partial charge in [-0.25, -0.2) is 13.4 Å². The van der Waals surface area contributed by atoms with Crippen LogP contribution in [0.2, 0.25) is 0 Å². The number of thioether (sulfide) groups is 1. The third kappa shape index (κ3) is 5.40. The molecule has 2 aromatic heterocycles. The van der Waals surface area contributed by atoms with Crippen molar-refractivity contribution in [1.29, 1.82) is 5.26 Å². The monoisotopic (exact) mass is 497 g/mol. The first-order valence-corrected chi connectivity index (χ1v) is 13.1. The molecule has 1 unspecified atom stereocenters. The van der Waals surface area contributed by atoms with Crippen LogP contribution in [0.3, 0.4) is 0 Å². The van der Waals surface area contributed by atoms with Crippen LogP contribution in [0, 0.1) is 18.3 Å². The number of hydrogen-bond donors (Lipinski definition) is 2. The average molecular weight is 498 g/mol. The van der Waals surface area contributed by atoms with Gasteiger partial charge in [0.2, 0.25) is 5.91 Å². The van der Waals surface area contributed by atoms with Crippen molar-refractivity contribution in [2.75, 3.05) is 10.0 Å². The molecule has 0 aliphatic heterocycles. The largest absolute Gasteiger partial charge is 0.360 e. The normalized spacial score (nSPS) is 14.0. The van der Waals surface area contributed by atoms with E-state index in [1.165, 1.54) is 42.1 Å². The number of hydrogen-bond acceptors (Lipinski definition) is 8. The number of nitriles is 1. The van der Waals surface area contributed by atoms with Crippen molar-refractivity contribution in [2.24, 2.45) is 0 Å². The molecule has 2 heterocycles. The summed E-state index contributed by atoms with van der Waals surface area (Å²) in [6.07, 6.45) is 3.99. The molecule has 0 radical (unpaired) electrons. The van der Waals surface area contributed by atoms with E-state index < -0.39 is 15.3 Å². The Kier molecular flexibility index (Phi) is 6.90. The number of anilines is 2. The van der Waals surface area contributed by atoms with Crippen molar-refractivity contribution in [3.8, 4) is 6.07 Å². The summed E-state index contributed by atoms with van der Waals surface area (Å²) in [6.45, 7) is 3.40. The van der Waals surface area contributed by atoms with Gasteiger partial charge in [0, 0.05) is 17.4 Å². The molecule has 0 bridgehead atoms. The van der Waals surface area contributed by atoms with Gasteiger partial charge in [0.05, 0.1) is 15.7 Å². The molecule has 34 heavy (non-hydrogen) atoms. The van der Waals surface area contributed by atoms with Crippen LogP contribution >= 0.6 is 11.8 Å². The second-order valence-electron chi connectivity index (χ2n) is 7.97. The van der Waals surface area contributed by atoms with Crippen molar-refractivity contribution in [2.45, 2.75) is 54.7 Å². The van der Waals surface area contributed by atoms with Crippen molar-refractivity contribution >= 4 is 39.2 Å². The van der Waals surface area contributed by atoms with Crippen molar-refractivity contribution in [1.82, 2.24) is 10.1 Å². The Labute approximate surface area is 202 Å². The van der Waals surface area contributed by atoms with Gasteiger partial charge in [0.1, 0.15) is 16.9 Å². The van der Waals surface area contributed by atoms with Gasteiger partial charge in [-0.15, -0.1) is 0 Å². The van der Waals surface area contributed by atoms with E-state index in [4.69, 9.17) is 4.52 Å². The maximum atomic E-state index is 12.7. The highest BCUT2D eigenvalue weighted by atomic mass is 32.2.